The Bertz CT molecular complexity index is 394. The number of hydrogen-bond donors (Lipinski definition) is 0. The van der Waals surface area contributed by atoms with E-state index in [1.165, 1.54) is 6.07 Å². The molecule has 1 aliphatic rings. The molecule has 3 heteroatoms. The second-order valence-electron chi connectivity index (χ2n) is 4.83. The number of alkyl halides is 1. The molecule has 0 N–H and O–H groups in total. The van der Waals surface area contributed by atoms with Crippen molar-refractivity contribution < 1.29 is 9.13 Å². The first-order chi connectivity index (χ1) is 8.10. The van der Waals surface area contributed by atoms with Crippen molar-refractivity contribution in [3.05, 3.63) is 29.6 Å². The zero-order valence-electron chi connectivity index (χ0n) is 10.2. The van der Waals surface area contributed by atoms with Crippen LogP contribution in [0.2, 0.25) is 0 Å². The number of benzene rings is 1. The fraction of sp³-hybridized carbons (Fsp3) is 0.571. The lowest BCUT2D eigenvalue weighted by Crippen LogP contribution is -2.21. The Morgan fingerprint density at radius 2 is 2.29 bits per heavy atom. The van der Waals surface area contributed by atoms with Gasteiger partial charge in [-0.05, 0) is 37.0 Å². The molecule has 0 saturated carbocycles. The Morgan fingerprint density at radius 3 is 3.00 bits per heavy atom. The van der Waals surface area contributed by atoms with Crippen molar-refractivity contribution in [3.63, 3.8) is 0 Å². The van der Waals surface area contributed by atoms with Crippen LogP contribution in [0.25, 0.3) is 0 Å². The first-order valence-corrected chi connectivity index (χ1v) is 6.63. The van der Waals surface area contributed by atoms with E-state index in [4.69, 9.17) is 16.3 Å². The summed E-state index contributed by atoms with van der Waals surface area (Å²) in [7, 11) is 0. The van der Waals surface area contributed by atoms with Gasteiger partial charge < -0.3 is 4.74 Å². The van der Waals surface area contributed by atoms with Crippen molar-refractivity contribution in [1.82, 2.24) is 0 Å². The molecule has 3 atom stereocenters. The monoisotopic (exact) mass is 256 g/mol. The number of rotatable bonds is 4. The Labute approximate surface area is 107 Å². The summed E-state index contributed by atoms with van der Waals surface area (Å²) in [5.74, 6) is 1.06. The predicted molar refractivity (Wildman–Crippen MR) is 68.2 cm³/mol. The molecular formula is C14H18ClFO. The highest BCUT2D eigenvalue weighted by Gasteiger charge is 2.26. The highest BCUT2D eigenvalue weighted by atomic mass is 35.5. The summed E-state index contributed by atoms with van der Waals surface area (Å²) in [6.45, 7) is 4.24. The van der Waals surface area contributed by atoms with E-state index in [1.54, 1.807) is 12.1 Å². The van der Waals surface area contributed by atoms with Crippen LogP contribution in [0.3, 0.4) is 0 Å². The van der Waals surface area contributed by atoms with Crippen molar-refractivity contribution in [3.8, 4) is 5.75 Å². The summed E-state index contributed by atoms with van der Waals surface area (Å²) in [6, 6.07) is 4.73. The van der Waals surface area contributed by atoms with Crippen LogP contribution in [0.15, 0.2) is 18.2 Å². The molecule has 17 heavy (non-hydrogen) atoms. The van der Waals surface area contributed by atoms with E-state index in [1.807, 2.05) is 0 Å². The molecular weight excluding hydrogens is 239 g/mol. The fourth-order valence-corrected chi connectivity index (χ4v) is 2.49. The summed E-state index contributed by atoms with van der Waals surface area (Å²) in [4.78, 5) is 0. The molecule has 2 rings (SSSR count). The highest BCUT2D eigenvalue weighted by molar-refractivity contribution is 6.20. The molecule has 0 spiro atoms. The maximum absolute atomic E-state index is 13.1. The number of ether oxygens (including phenoxy) is 1. The molecule has 1 aromatic rings. The van der Waals surface area contributed by atoms with Gasteiger partial charge in [0, 0.05) is 17.4 Å². The number of halogens is 2. The lowest BCUT2D eigenvalue weighted by Gasteiger charge is -2.20. The van der Waals surface area contributed by atoms with E-state index >= 15 is 0 Å². The van der Waals surface area contributed by atoms with Crippen molar-refractivity contribution in [2.75, 3.05) is 0 Å². The van der Waals surface area contributed by atoms with Gasteiger partial charge in [0.25, 0.3) is 0 Å². The number of fused-ring (bicyclic) bond motifs is 1. The molecule has 1 heterocycles. The third-order valence-electron chi connectivity index (χ3n) is 3.41. The Balaban J connectivity index is 1.96. The molecule has 0 radical (unpaired) electrons. The molecule has 1 nitrogen and oxygen atoms in total. The smallest absolute Gasteiger partial charge is 0.123 e. The molecule has 0 aliphatic carbocycles. The SMILES string of the molecule is CCC(Cl)C(C)CC1Cc2cc(F)ccc2O1. The van der Waals surface area contributed by atoms with Gasteiger partial charge in [0.1, 0.15) is 17.7 Å². The molecule has 0 amide bonds. The zero-order chi connectivity index (χ0) is 12.4. The van der Waals surface area contributed by atoms with Crippen LogP contribution in [0.4, 0.5) is 4.39 Å². The molecule has 94 valence electrons. The minimum Gasteiger partial charge on any atom is -0.490 e. The van der Waals surface area contributed by atoms with Crippen LogP contribution >= 0.6 is 11.6 Å². The van der Waals surface area contributed by atoms with E-state index in [0.29, 0.717) is 5.92 Å². The summed E-state index contributed by atoms with van der Waals surface area (Å²) in [5, 5.41) is 0.194. The Kier molecular flexibility index (Phi) is 3.93. The second kappa shape index (κ2) is 5.26. The second-order valence-corrected chi connectivity index (χ2v) is 5.39. The Morgan fingerprint density at radius 1 is 1.53 bits per heavy atom. The molecule has 0 aromatic heterocycles. The predicted octanol–water partition coefficient (Wildman–Crippen LogP) is 4.17. The van der Waals surface area contributed by atoms with Gasteiger partial charge in [-0.1, -0.05) is 13.8 Å². The standard InChI is InChI=1S/C14H18ClFO/c1-3-13(15)9(2)6-12-8-10-7-11(16)4-5-14(10)17-12/h4-5,7,9,12-13H,3,6,8H2,1-2H3. The minimum absolute atomic E-state index is 0.148. The van der Waals surface area contributed by atoms with Gasteiger partial charge in [-0.25, -0.2) is 4.39 Å². The van der Waals surface area contributed by atoms with Crippen LogP contribution in [0.1, 0.15) is 32.3 Å². The Hall–Kier alpha value is -0.760. The quantitative estimate of drug-likeness (QED) is 0.735. The summed E-state index contributed by atoms with van der Waals surface area (Å²) < 4.78 is 18.9. The summed E-state index contributed by atoms with van der Waals surface area (Å²) in [6.07, 6.45) is 2.84. The van der Waals surface area contributed by atoms with Gasteiger partial charge in [-0.3, -0.25) is 0 Å². The van der Waals surface area contributed by atoms with Crippen molar-refractivity contribution in [1.29, 1.82) is 0 Å². The van der Waals surface area contributed by atoms with Crippen LogP contribution in [0.5, 0.6) is 5.75 Å². The van der Waals surface area contributed by atoms with E-state index in [2.05, 4.69) is 13.8 Å². The third-order valence-corrected chi connectivity index (χ3v) is 4.14. The molecule has 1 aromatic carbocycles. The average Bonchev–Trinajstić information content (AvgIpc) is 2.69. The van der Waals surface area contributed by atoms with Gasteiger partial charge in [0.05, 0.1) is 0 Å². The average molecular weight is 257 g/mol. The number of hydrogen-bond acceptors (Lipinski definition) is 1. The fourth-order valence-electron chi connectivity index (χ4n) is 2.39. The van der Waals surface area contributed by atoms with Crippen LogP contribution in [-0.2, 0) is 6.42 Å². The summed E-state index contributed by atoms with van der Waals surface area (Å²) >= 11 is 6.22. The van der Waals surface area contributed by atoms with Gasteiger partial charge in [-0.2, -0.15) is 0 Å². The topological polar surface area (TPSA) is 9.23 Å². The normalized spacial score (nSPS) is 21.8. The van der Waals surface area contributed by atoms with Crippen LogP contribution in [0, 0.1) is 11.7 Å². The van der Waals surface area contributed by atoms with E-state index in [9.17, 15) is 4.39 Å². The van der Waals surface area contributed by atoms with Crippen molar-refractivity contribution in [2.45, 2.75) is 44.6 Å². The first-order valence-electron chi connectivity index (χ1n) is 6.19. The van der Waals surface area contributed by atoms with E-state index in [0.717, 1.165) is 30.6 Å². The lowest BCUT2D eigenvalue weighted by atomic mass is 9.96. The molecule has 0 fully saturated rings. The maximum Gasteiger partial charge on any atom is 0.123 e. The zero-order valence-corrected chi connectivity index (χ0v) is 11.0. The van der Waals surface area contributed by atoms with Crippen molar-refractivity contribution >= 4 is 11.6 Å². The highest BCUT2D eigenvalue weighted by Crippen LogP contribution is 2.33. The molecule has 0 bridgehead atoms. The largest absolute Gasteiger partial charge is 0.490 e. The van der Waals surface area contributed by atoms with E-state index in [-0.39, 0.29) is 17.3 Å². The van der Waals surface area contributed by atoms with Gasteiger partial charge in [0.15, 0.2) is 0 Å². The summed E-state index contributed by atoms with van der Waals surface area (Å²) in [5.41, 5.74) is 0.977. The van der Waals surface area contributed by atoms with E-state index < -0.39 is 0 Å². The molecule has 1 aliphatic heterocycles. The third kappa shape index (κ3) is 2.92. The van der Waals surface area contributed by atoms with Gasteiger partial charge in [0.2, 0.25) is 0 Å². The van der Waals surface area contributed by atoms with Gasteiger partial charge in [-0.15, -0.1) is 11.6 Å². The maximum atomic E-state index is 13.1. The first kappa shape index (κ1) is 12.7. The van der Waals surface area contributed by atoms with Gasteiger partial charge >= 0.3 is 0 Å². The lowest BCUT2D eigenvalue weighted by molar-refractivity contribution is 0.195. The van der Waals surface area contributed by atoms with Crippen molar-refractivity contribution in [2.24, 2.45) is 5.92 Å². The van der Waals surface area contributed by atoms with Crippen LogP contribution < -0.4 is 4.74 Å². The molecule has 3 unspecified atom stereocenters. The minimum atomic E-state index is -0.190. The molecule has 0 saturated heterocycles. The van der Waals surface area contributed by atoms with Crippen LogP contribution in [-0.4, -0.2) is 11.5 Å².